The summed E-state index contributed by atoms with van der Waals surface area (Å²) >= 11 is 7.26. The van der Waals surface area contributed by atoms with Gasteiger partial charge >= 0.3 is 0 Å². The van der Waals surface area contributed by atoms with Crippen molar-refractivity contribution >= 4 is 34.8 Å². The van der Waals surface area contributed by atoms with Gasteiger partial charge in [-0.3, -0.25) is 9.59 Å². The maximum atomic E-state index is 11.9. The van der Waals surface area contributed by atoms with E-state index in [4.69, 9.17) is 16.0 Å². The number of carbonyl (C=O) groups is 2. The number of hydrogen-bond donors (Lipinski definition) is 2. The number of amides is 2. The molecule has 27 heavy (non-hydrogen) atoms. The van der Waals surface area contributed by atoms with Crippen LogP contribution in [-0.4, -0.2) is 23.3 Å². The van der Waals surface area contributed by atoms with Crippen LogP contribution in [0.4, 0.5) is 0 Å². The second-order valence-corrected chi connectivity index (χ2v) is 7.17. The fourth-order valence-electron chi connectivity index (χ4n) is 2.44. The minimum Gasteiger partial charge on any atom is -0.438 e. The Balaban J connectivity index is 1.47. The monoisotopic (exact) mass is 403 g/mol. The van der Waals surface area contributed by atoms with Gasteiger partial charge in [-0.15, -0.1) is 11.3 Å². The van der Waals surface area contributed by atoms with Crippen LogP contribution in [0.15, 0.2) is 46.2 Å². The number of aromatic nitrogens is 1. The average Bonchev–Trinajstić information content (AvgIpc) is 3.30. The third-order valence-electron chi connectivity index (χ3n) is 3.77. The molecule has 2 N–H and O–H groups in total. The van der Waals surface area contributed by atoms with Crippen LogP contribution in [0.1, 0.15) is 27.7 Å². The van der Waals surface area contributed by atoms with Crippen molar-refractivity contribution in [3.63, 3.8) is 0 Å². The molecule has 2 aromatic heterocycles. The molecule has 2 amide bonds. The normalized spacial score (nSPS) is 10.6. The van der Waals surface area contributed by atoms with E-state index in [1.54, 1.807) is 18.2 Å². The summed E-state index contributed by atoms with van der Waals surface area (Å²) in [7, 11) is 0. The first-order valence-corrected chi connectivity index (χ1v) is 9.59. The quantitative estimate of drug-likeness (QED) is 0.628. The maximum absolute atomic E-state index is 11.9. The molecule has 0 saturated carbocycles. The zero-order valence-electron chi connectivity index (χ0n) is 14.6. The molecular formula is C19H18ClN3O3S. The zero-order chi connectivity index (χ0) is 19.2. The molecule has 140 valence electrons. The molecule has 0 radical (unpaired) electrons. The fourth-order valence-corrected chi connectivity index (χ4v) is 3.21. The SMILES string of the molecule is Cc1nc(CNC(=O)CCNC(=O)c2cccs2)oc1-c1ccc(Cl)cc1. The first kappa shape index (κ1) is 19.1. The van der Waals surface area contributed by atoms with E-state index in [1.165, 1.54) is 11.3 Å². The molecule has 3 aromatic rings. The molecule has 6 nitrogen and oxygen atoms in total. The molecule has 0 atom stereocenters. The van der Waals surface area contributed by atoms with Crippen LogP contribution in [0.5, 0.6) is 0 Å². The molecule has 2 heterocycles. The van der Waals surface area contributed by atoms with Gasteiger partial charge in [0.15, 0.2) is 5.76 Å². The number of nitrogens with zero attached hydrogens (tertiary/aromatic N) is 1. The van der Waals surface area contributed by atoms with Crippen LogP contribution < -0.4 is 10.6 Å². The highest BCUT2D eigenvalue weighted by atomic mass is 35.5. The summed E-state index contributed by atoms with van der Waals surface area (Å²) in [5, 5.41) is 7.94. The Morgan fingerprint density at radius 1 is 1.19 bits per heavy atom. The predicted octanol–water partition coefficient (Wildman–Crippen LogP) is 3.80. The molecule has 0 aliphatic rings. The number of halogens is 1. The topological polar surface area (TPSA) is 84.2 Å². The molecule has 1 aromatic carbocycles. The molecular weight excluding hydrogens is 386 g/mol. The third-order valence-corrected chi connectivity index (χ3v) is 4.89. The molecule has 0 saturated heterocycles. The Bertz CT molecular complexity index is 920. The van der Waals surface area contributed by atoms with Gasteiger partial charge < -0.3 is 15.1 Å². The molecule has 0 bridgehead atoms. The van der Waals surface area contributed by atoms with E-state index in [0.29, 0.717) is 21.6 Å². The highest BCUT2D eigenvalue weighted by Gasteiger charge is 2.13. The van der Waals surface area contributed by atoms with Gasteiger partial charge in [0.2, 0.25) is 11.8 Å². The van der Waals surface area contributed by atoms with Gasteiger partial charge in [0.05, 0.1) is 17.1 Å². The van der Waals surface area contributed by atoms with E-state index in [1.807, 2.05) is 30.5 Å². The predicted molar refractivity (Wildman–Crippen MR) is 105 cm³/mol. The van der Waals surface area contributed by atoms with Gasteiger partial charge in [-0.1, -0.05) is 17.7 Å². The van der Waals surface area contributed by atoms with Crippen LogP contribution in [0.2, 0.25) is 5.02 Å². The van der Waals surface area contributed by atoms with E-state index < -0.39 is 0 Å². The first-order chi connectivity index (χ1) is 13.0. The van der Waals surface area contributed by atoms with E-state index in [2.05, 4.69) is 15.6 Å². The highest BCUT2D eigenvalue weighted by Crippen LogP contribution is 2.25. The minimum absolute atomic E-state index is 0.172. The van der Waals surface area contributed by atoms with Crippen LogP contribution in [0.25, 0.3) is 11.3 Å². The Labute approximate surface area is 165 Å². The number of benzene rings is 1. The number of thiophene rings is 1. The summed E-state index contributed by atoms with van der Waals surface area (Å²) in [4.78, 5) is 28.7. The lowest BCUT2D eigenvalue weighted by atomic mass is 10.1. The van der Waals surface area contributed by atoms with Crippen LogP contribution >= 0.6 is 22.9 Å². The highest BCUT2D eigenvalue weighted by molar-refractivity contribution is 7.12. The Kier molecular flexibility index (Phi) is 6.26. The zero-order valence-corrected chi connectivity index (χ0v) is 16.2. The van der Waals surface area contributed by atoms with Crippen molar-refractivity contribution < 1.29 is 14.0 Å². The second-order valence-electron chi connectivity index (χ2n) is 5.79. The second kappa shape index (κ2) is 8.83. The smallest absolute Gasteiger partial charge is 0.261 e. The van der Waals surface area contributed by atoms with Crippen molar-refractivity contribution in [2.75, 3.05) is 6.54 Å². The van der Waals surface area contributed by atoms with Gasteiger partial charge in [0.1, 0.15) is 0 Å². The number of oxazole rings is 1. The number of carbonyl (C=O) groups excluding carboxylic acids is 2. The van der Waals surface area contributed by atoms with Gasteiger partial charge in [-0.25, -0.2) is 4.98 Å². The molecule has 0 aliphatic carbocycles. The van der Waals surface area contributed by atoms with Gasteiger partial charge in [-0.2, -0.15) is 0 Å². The average molecular weight is 404 g/mol. The summed E-state index contributed by atoms with van der Waals surface area (Å²) in [5.41, 5.74) is 1.61. The molecule has 8 heteroatoms. The fraction of sp³-hybridized carbons (Fsp3) is 0.211. The number of nitrogens with one attached hydrogen (secondary N) is 2. The summed E-state index contributed by atoms with van der Waals surface area (Å²) in [6, 6.07) is 10.8. The Morgan fingerprint density at radius 3 is 2.67 bits per heavy atom. The molecule has 0 fully saturated rings. The summed E-state index contributed by atoms with van der Waals surface area (Å²) in [6.07, 6.45) is 0.181. The lowest BCUT2D eigenvalue weighted by molar-refractivity contribution is -0.121. The number of hydrogen-bond acceptors (Lipinski definition) is 5. The standard InChI is InChI=1S/C19H18ClN3O3S/c1-12-18(13-4-6-14(20)7-5-13)26-17(23-12)11-22-16(24)8-9-21-19(25)15-3-2-10-27-15/h2-7,10H,8-9,11H2,1H3,(H,21,25)(H,22,24). The van der Waals surface area contributed by atoms with Crippen molar-refractivity contribution in [1.29, 1.82) is 0 Å². The van der Waals surface area contributed by atoms with Gasteiger partial charge in [0.25, 0.3) is 5.91 Å². The maximum Gasteiger partial charge on any atom is 0.261 e. The summed E-state index contributed by atoms with van der Waals surface area (Å²) in [6.45, 7) is 2.30. The molecule has 0 unspecified atom stereocenters. The lowest BCUT2D eigenvalue weighted by Crippen LogP contribution is -2.30. The van der Waals surface area contributed by atoms with E-state index in [9.17, 15) is 9.59 Å². The van der Waals surface area contributed by atoms with E-state index in [0.717, 1.165) is 11.3 Å². The van der Waals surface area contributed by atoms with Crippen molar-refractivity contribution in [2.24, 2.45) is 0 Å². The number of rotatable bonds is 7. The Hall–Kier alpha value is -2.64. The third kappa shape index (κ3) is 5.18. The lowest BCUT2D eigenvalue weighted by Gasteiger charge is -2.04. The first-order valence-electron chi connectivity index (χ1n) is 8.33. The van der Waals surface area contributed by atoms with Crippen molar-refractivity contribution in [1.82, 2.24) is 15.6 Å². The van der Waals surface area contributed by atoms with Gasteiger partial charge in [-0.05, 0) is 42.6 Å². The summed E-state index contributed by atoms with van der Waals surface area (Å²) in [5.74, 6) is 0.714. The molecule has 3 rings (SSSR count). The molecule has 0 aliphatic heterocycles. The van der Waals surface area contributed by atoms with Crippen molar-refractivity contribution in [3.8, 4) is 11.3 Å². The van der Waals surface area contributed by atoms with E-state index >= 15 is 0 Å². The van der Waals surface area contributed by atoms with Gasteiger partial charge in [0, 0.05) is 23.6 Å². The largest absolute Gasteiger partial charge is 0.438 e. The number of aryl methyl sites for hydroxylation is 1. The van der Waals surface area contributed by atoms with Crippen LogP contribution in [0.3, 0.4) is 0 Å². The van der Waals surface area contributed by atoms with Crippen molar-refractivity contribution in [3.05, 3.63) is 63.3 Å². The molecule has 0 spiro atoms. The van der Waals surface area contributed by atoms with Crippen LogP contribution in [0, 0.1) is 6.92 Å². The van der Waals surface area contributed by atoms with Crippen molar-refractivity contribution in [2.45, 2.75) is 19.9 Å². The van der Waals surface area contributed by atoms with E-state index in [-0.39, 0.29) is 31.3 Å². The minimum atomic E-state index is -0.189. The Morgan fingerprint density at radius 2 is 1.96 bits per heavy atom. The van der Waals surface area contributed by atoms with Crippen LogP contribution in [-0.2, 0) is 11.3 Å². The summed E-state index contributed by atoms with van der Waals surface area (Å²) < 4.78 is 5.75.